The Balaban J connectivity index is 1.43. The summed E-state index contributed by atoms with van der Waals surface area (Å²) in [5.74, 6) is 0.554. The number of ether oxygens (including phenoxy) is 1. The molecule has 0 bridgehead atoms. The summed E-state index contributed by atoms with van der Waals surface area (Å²) < 4.78 is 12.6. The molecule has 0 spiro atoms. The second kappa shape index (κ2) is 7.79. The molecule has 2 heterocycles. The van der Waals surface area contributed by atoms with Crippen molar-refractivity contribution in [2.75, 3.05) is 20.2 Å². The lowest BCUT2D eigenvalue weighted by Gasteiger charge is -2.18. The lowest BCUT2D eigenvalue weighted by Crippen LogP contribution is -2.36. The maximum Gasteiger partial charge on any atom is 0.297 e. The van der Waals surface area contributed by atoms with Crippen LogP contribution in [0, 0.1) is 6.92 Å². The van der Waals surface area contributed by atoms with E-state index >= 15 is 0 Å². The molecule has 0 fully saturated rings. The second-order valence-corrected chi connectivity index (χ2v) is 6.93. The molecule has 4 rings (SSSR count). The van der Waals surface area contributed by atoms with Crippen molar-refractivity contribution in [3.8, 4) is 5.75 Å². The van der Waals surface area contributed by atoms with Crippen LogP contribution in [0.15, 0.2) is 64.1 Å². The van der Waals surface area contributed by atoms with E-state index in [1.807, 2.05) is 49.4 Å². The molecule has 0 saturated heterocycles. The first-order valence-corrected chi connectivity index (χ1v) is 9.33. The van der Waals surface area contributed by atoms with Crippen molar-refractivity contribution in [2.45, 2.75) is 13.5 Å². The Morgan fingerprint density at radius 1 is 1.21 bits per heavy atom. The summed E-state index contributed by atoms with van der Waals surface area (Å²) in [6.45, 7) is 2.65. The number of hydrogen-bond donors (Lipinski definition) is 0. The molecule has 0 atom stereocenters. The molecule has 0 unspecified atom stereocenters. The summed E-state index contributed by atoms with van der Waals surface area (Å²) in [6.07, 6.45) is 1.39. The first kappa shape index (κ1) is 18.7. The molecule has 148 valence electrons. The van der Waals surface area contributed by atoms with Gasteiger partial charge in [-0.1, -0.05) is 24.3 Å². The Morgan fingerprint density at radius 2 is 2.03 bits per heavy atom. The maximum absolute atomic E-state index is 12.7. The molecule has 29 heavy (non-hydrogen) atoms. The fourth-order valence-corrected chi connectivity index (χ4v) is 3.12. The van der Waals surface area contributed by atoms with Crippen molar-refractivity contribution >= 4 is 28.0 Å². The summed E-state index contributed by atoms with van der Waals surface area (Å²) in [5.41, 5.74) is 2.01. The number of rotatable bonds is 6. The van der Waals surface area contributed by atoms with Gasteiger partial charge in [0.05, 0.1) is 12.9 Å². The molecule has 2 aromatic heterocycles. The molecule has 0 aliphatic heterocycles. The normalized spacial score (nSPS) is 11.1. The average molecular weight is 391 g/mol. The molecular weight excluding hydrogens is 370 g/mol. The number of amides is 1. The molecule has 1 amide bonds. The summed E-state index contributed by atoms with van der Waals surface area (Å²) in [7, 11) is 1.68. The Morgan fingerprint density at radius 3 is 2.86 bits per heavy atom. The van der Waals surface area contributed by atoms with Gasteiger partial charge in [-0.05, 0) is 36.8 Å². The minimum Gasteiger partial charge on any atom is -0.492 e. The van der Waals surface area contributed by atoms with Crippen molar-refractivity contribution in [2.24, 2.45) is 0 Å². The zero-order chi connectivity index (χ0) is 20.4. The number of nitrogens with zero attached hydrogens (tertiary/aromatic N) is 3. The molecule has 7 nitrogen and oxygen atoms in total. The monoisotopic (exact) mass is 391 g/mol. The Bertz CT molecular complexity index is 1240. The Labute approximate surface area is 167 Å². The number of aryl methyl sites for hydroxylation is 1. The Hall–Kier alpha value is -3.61. The van der Waals surface area contributed by atoms with Crippen molar-refractivity contribution in [3.05, 3.63) is 70.8 Å². The maximum atomic E-state index is 12.7. The number of carbonyl (C=O) groups is 1. The van der Waals surface area contributed by atoms with Crippen LogP contribution >= 0.6 is 0 Å². The topological polar surface area (TPSA) is 77.6 Å². The van der Waals surface area contributed by atoms with Crippen LogP contribution < -0.4 is 10.3 Å². The van der Waals surface area contributed by atoms with Crippen molar-refractivity contribution < 1.29 is 13.9 Å². The average Bonchev–Trinajstić information content (AvgIpc) is 3.09. The third-order valence-electron chi connectivity index (χ3n) is 4.77. The van der Waals surface area contributed by atoms with Crippen molar-refractivity contribution in [3.63, 3.8) is 0 Å². The minimum atomic E-state index is -0.371. The number of carbonyl (C=O) groups excluding carboxylic acids is 1. The van der Waals surface area contributed by atoms with Crippen LogP contribution in [0.2, 0.25) is 0 Å². The number of hydrogen-bond acceptors (Lipinski definition) is 5. The largest absolute Gasteiger partial charge is 0.492 e. The predicted molar refractivity (Wildman–Crippen MR) is 110 cm³/mol. The quantitative estimate of drug-likeness (QED) is 0.505. The summed E-state index contributed by atoms with van der Waals surface area (Å²) in [6, 6.07) is 15.1. The molecule has 0 saturated carbocycles. The Kier molecular flexibility index (Phi) is 5.03. The van der Waals surface area contributed by atoms with E-state index in [4.69, 9.17) is 9.15 Å². The number of benzene rings is 2. The van der Waals surface area contributed by atoms with Gasteiger partial charge in [0.15, 0.2) is 0 Å². The van der Waals surface area contributed by atoms with E-state index in [9.17, 15) is 9.59 Å². The van der Waals surface area contributed by atoms with E-state index in [1.165, 1.54) is 15.8 Å². The third kappa shape index (κ3) is 3.85. The van der Waals surface area contributed by atoms with Gasteiger partial charge >= 0.3 is 0 Å². The number of para-hydroxylation sites is 1. The molecule has 2 aromatic carbocycles. The lowest BCUT2D eigenvalue weighted by molar-refractivity contribution is -0.130. The highest BCUT2D eigenvalue weighted by atomic mass is 16.5. The number of furan rings is 1. The molecule has 7 heteroatoms. The van der Waals surface area contributed by atoms with Gasteiger partial charge in [-0.15, -0.1) is 0 Å². The van der Waals surface area contributed by atoms with E-state index < -0.39 is 0 Å². The van der Waals surface area contributed by atoms with E-state index in [2.05, 4.69) is 4.98 Å². The van der Waals surface area contributed by atoms with Crippen LogP contribution in [-0.4, -0.2) is 40.6 Å². The number of likely N-dealkylation sites (N-methyl/N-ethyl adjacent to an activating group) is 1. The SMILES string of the molecule is Cc1cccc(OCCN(C)C(=O)Cn2cnc3c(oc4ccccc43)c2=O)c1. The highest BCUT2D eigenvalue weighted by Crippen LogP contribution is 2.24. The van der Waals surface area contributed by atoms with Crippen LogP contribution in [0.5, 0.6) is 5.75 Å². The third-order valence-corrected chi connectivity index (χ3v) is 4.77. The standard InChI is InChI=1S/C22H21N3O4/c1-15-6-5-7-16(12-15)28-11-10-24(2)19(26)13-25-14-23-20-17-8-3-4-9-18(17)29-21(20)22(25)27/h3-9,12,14H,10-11,13H2,1-2H3. The van der Waals surface area contributed by atoms with E-state index in [1.54, 1.807) is 13.1 Å². The fourth-order valence-electron chi connectivity index (χ4n) is 3.12. The molecule has 0 aliphatic carbocycles. The first-order chi connectivity index (χ1) is 14.0. The van der Waals surface area contributed by atoms with Gasteiger partial charge in [0.2, 0.25) is 11.5 Å². The number of fused-ring (bicyclic) bond motifs is 3. The molecule has 0 radical (unpaired) electrons. The fraction of sp³-hybridized carbons (Fsp3) is 0.227. The molecule has 4 aromatic rings. The highest BCUT2D eigenvalue weighted by molar-refractivity contribution is 6.01. The van der Waals surface area contributed by atoms with Gasteiger partial charge < -0.3 is 14.1 Å². The van der Waals surface area contributed by atoms with Gasteiger partial charge in [0.1, 0.15) is 30.0 Å². The van der Waals surface area contributed by atoms with Gasteiger partial charge in [0.25, 0.3) is 5.56 Å². The smallest absolute Gasteiger partial charge is 0.297 e. The molecule has 0 aliphatic rings. The zero-order valence-corrected chi connectivity index (χ0v) is 16.3. The lowest BCUT2D eigenvalue weighted by atomic mass is 10.2. The number of aromatic nitrogens is 2. The van der Waals surface area contributed by atoms with Gasteiger partial charge in [0, 0.05) is 12.4 Å². The van der Waals surface area contributed by atoms with Gasteiger partial charge in [-0.2, -0.15) is 0 Å². The molecular formula is C22H21N3O4. The van der Waals surface area contributed by atoms with Crippen molar-refractivity contribution in [1.29, 1.82) is 0 Å². The highest BCUT2D eigenvalue weighted by Gasteiger charge is 2.16. The summed E-state index contributed by atoms with van der Waals surface area (Å²) in [4.78, 5) is 31.1. The zero-order valence-electron chi connectivity index (χ0n) is 16.3. The summed E-state index contributed by atoms with van der Waals surface area (Å²) in [5, 5.41) is 0.781. The van der Waals surface area contributed by atoms with Crippen LogP contribution in [0.3, 0.4) is 0 Å². The predicted octanol–water partition coefficient (Wildman–Crippen LogP) is 2.99. The van der Waals surface area contributed by atoms with E-state index in [-0.39, 0.29) is 23.6 Å². The van der Waals surface area contributed by atoms with Crippen LogP contribution in [0.4, 0.5) is 0 Å². The van der Waals surface area contributed by atoms with E-state index in [0.717, 1.165) is 16.7 Å². The van der Waals surface area contributed by atoms with Crippen LogP contribution in [0.25, 0.3) is 22.1 Å². The van der Waals surface area contributed by atoms with Crippen LogP contribution in [0.1, 0.15) is 5.56 Å². The summed E-state index contributed by atoms with van der Waals surface area (Å²) >= 11 is 0. The van der Waals surface area contributed by atoms with Crippen molar-refractivity contribution in [1.82, 2.24) is 14.5 Å². The van der Waals surface area contributed by atoms with Gasteiger partial charge in [-0.25, -0.2) is 4.98 Å². The molecule has 0 N–H and O–H groups in total. The first-order valence-electron chi connectivity index (χ1n) is 9.33. The van der Waals surface area contributed by atoms with Crippen LogP contribution in [-0.2, 0) is 11.3 Å². The second-order valence-electron chi connectivity index (χ2n) is 6.93. The van der Waals surface area contributed by atoms with E-state index in [0.29, 0.717) is 24.3 Å². The van der Waals surface area contributed by atoms with Gasteiger partial charge in [-0.3, -0.25) is 14.2 Å². The minimum absolute atomic E-state index is 0.111.